The van der Waals surface area contributed by atoms with E-state index in [0.29, 0.717) is 24.5 Å². The van der Waals surface area contributed by atoms with Crippen LogP contribution in [0.5, 0.6) is 11.5 Å². The molecule has 0 atom stereocenters. The molecule has 2 aromatic carbocycles. The Morgan fingerprint density at radius 3 is 2.59 bits per heavy atom. The molecule has 0 N–H and O–H groups in total. The first-order valence-electron chi connectivity index (χ1n) is 9.42. The van der Waals surface area contributed by atoms with Gasteiger partial charge >= 0.3 is 0 Å². The van der Waals surface area contributed by atoms with E-state index >= 15 is 0 Å². The Labute approximate surface area is 169 Å². The summed E-state index contributed by atoms with van der Waals surface area (Å²) in [6.45, 7) is 4.76. The van der Waals surface area contributed by atoms with Crippen molar-refractivity contribution in [3.05, 3.63) is 59.0 Å². The van der Waals surface area contributed by atoms with Gasteiger partial charge in [0, 0.05) is 47.9 Å². The predicted molar refractivity (Wildman–Crippen MR) is 113 cm³/mol. The molecule has 6 heteroatoms. The molecule has 29 heavy (non-hydrogen) atoms. The number of ether oxygens (including phenoxy) is 2. The number of aliphatic imine (C=N–C) groups is 1. The molecule has 0 amide bonds. The number of ketones is 1. The van der Waals surface area contributed by atoms with Crippen molar-refractivity contribution < 1.29 is 18.7 Å². The molecule has 0 spiro atoms. The van der Waals surface area contributed by atoms with E-state index < -0.39 is 5.82 Å². The SMILES string of the molecule is COc1cc(F)c(C=NCC(=O)CCn2cc(C)c3c(C)cccc32)cc1OC. The lowest BCUT2D eigenvalue weighted by Gasteiger charge is -2.08. The number of aromatic nitrogens is 1. The summed E-state index contributed by atoms with van der Waals surface area (Å²) in [5.41, 5.74) is 3.81. The van der Waals surface area contributed by atoms with E-state index in [-0.39, 0.29) is 17.9 Å². The Hall–Kier alpha value is -3.15. The van der Waals surface area contributed by atoms with Gasteiger partial charge in [-0.15, -0.1) is 0 Å². The van der Waals surface area contributed by atoms with Crippen LogP contribution in [0.2, 0.25) is 0 Å². The molecular formula is C23H25FN2O3. The molecule has 3 aromatic rings. The lowest BCUT2D eigenvalue weighted by atomic mass is 10.1. The highest BCUT2D eigenvalue weighted by Gasteiger charge is 2.11. The van der Waals surface area contributed by atoms with Crippen molar-refractivity contribution in [3.8, 4) is 11.5 Å². The molecule has 0 radical (unpaired) electrons. The van der Waals surface area contributed by atoms with Gasteiger partial charge in [-0.3, -0.25) is 9.79 Å². The lowest BCUT2D eigenvalue weighted by molar-refractivity contribution is -0.117. The summed E-state index contributed by atoms with van der Waals surface area (Å²) in [6, 6.07) is 8.92. The van der Waals surface area contributed by atoms with E-state index in [1.165, 1.54) is 49.1 Å². The number of fused-ring (bicyclic) bond motifs is 1. The van der Waals surface area contributed by atoms with Gasteiger partial charge in [-0.05, 0) is 37.1 Å². The topological polar surface area (TPSA) is 52.8 Å². The average Bonchev–Trinajstić information content (AvgIpc) is 3.04. The van der Waals surface area contributed by atoms with E-state index in [1.807, 2.05) is 6.07 Å². The number of nitrogens with zero attached hydrogens (tertiary/aromatic N) is 2. The number of benzene rings is 2. The van der Waals surface area contributed by atoms with Crippen molar-refractivity contribution in [2.24, 2.45) is 4.99 Å². The van der Waals surface area contributed by atoms with Gasteiger partial charge in [0.2, 0.25) is 0 Å². The fraction of sp³-hybridized carbons (Fsp3) is 0.304. The maximum absolute atomic E-state index is 14.1. The zero-order valence-electron chi connectivity index (χ0n) is 17.2. The quantitative estimate of drug-likeness (QED) is 0.527. The van der Waals surface area contributed by atoms with Crippen LogP contribution in [0, 0.1) is 19.7 Å². The fourth-order valence-electron chi connectivity index (χ4n) is 3.50. The molecule has 0 bridgehead atoms. The average molecular weight is 396 g/mol. The molecular weight excluding hydrogens is 371 g/mol. The summed E-state index contributed by atoms with van der Waals surface area (Å²) >= 11 is 0. The number of carbonyl (C=O) groups is 1. The third-order valence-electron chi connectivity index (χ3n) is 4.94. The fourth-order valence-corrected chi connectivity index (χ4v) is 3.50. The molecule has 1 heterocycles. The number of hydrogen-bond donors (Lipinski definition) is 0. The standard InChI is InChI=1S/C23H25FN2O3/c1-15-6-5-7-20-23(15)16(2)14-26(20)9-8-18(27)13-25-12-17-10-21(28-3)22(29-4)11-19(17)24/h5-7,10-12,14H,8-9,13H2,1-4H3. The Bertz CT molecular complexity index is 1070. The largest absolute Gasteiger partial charge is 0.493 e. The third kappa shape index (κ3) is 4.47. The normalized spacial score (nSPS) is 11.3. The van der Waals surface area contributed by atoms with Crippen molar-refractivity contribution in [2.45, 2.75) is 26.8 Å². The van der Waals surface area contributed by atoms with E-state index in [1.54, 1.807) is 0 Å². The number of Topliss-reactive ketones (excluding diaryl/α,β-unsaturated/α-hetero) is 1. The zero-order chi connectivity index (χ0) is 21.0. The van der Waals surface area contributed by atoms with Gasteiger partial charge in [0.05, 0.1) is 20.8 Å². The highest BCUT2D eigenvalue weighted by molar-refractivity contribution is 5.88. The Kier molecular flexibility index (Phi) is 6.32. The molecule has 5 nitrogen and oxygen atoms in total. The first kappa shape index (κ1) is 20.6. The number of methoxy groups -OCH3 is 2. The maximum atomic E-state index is 14.1. The van der Waals surface area contributed by atoms with Crippen LogP contribution in [-0.2, 0) is 11.3 Å². The minimum Gasteiger partial charge on any atom is -0.493 e. The first-order chi connectivity index (χ1) is 13.9. The smallest absolute Gasteiger partial charge is 0.163 e. The van der Waals surface area contributed by atoms with E-state index in [0.717, 1.165) is 5.52 Å². The molecule has 0 unspecified atom stereocenters. The highest BCUT2D eigenvalue weighted by Crippen LogP contribution is 2.29. The van der Waals surface area contributed by atoms with Gasteiger partial charge in [-0.1, -0.05) is 12.1 Å². The molecule has 0 saturated carbocycles. The minimum atomic E-state index is -0.483. The Morgan fingerprint density at radius 2 is 1.86 bits per heavy atom. The van der Waals surface area contributed by atoms with E-state index in [2.05, 4.69) is 41.7 Å². The predicted octanol–water partition coefficient (Wildman–Crippen LogP) is 4.49. The van der Waals surface area contributed by atoms with Crippen molar-refractivity contribution in [2.75, 3.05) is 20.8 Å². The van der Waals surface area contributed by atoms with Crippen LogP contribution in [0.3, 0.4) is 0 Å². The molecule has 0 aliphatic carbocycles. The second-order valence-electron chi connectivity index (χ2n) is 6.96. The summed E-state index contributed by atoms with van der Waals surface area (Å²) in [5, 5.41) is 1.24. The summed E-state index contributed by atoms with van der Waals surface area (Å²) < 4.78 is 26.5. The summed E-state index contributed by atoms with van der Waals surface area (Å²) in [6.07, 6.45) is 3.80. The van der Waals surface area contributed by atoms with Gasteiger partial charge in [0.1, 0.15) is 5.82 Å². The molecule has 0 fully saturated rings. The van der Waals surface area contributed by atoms with E-state index in [4.69, 9.17) is 9.47 Å². The van der Waals surface area contributed by atoms with Crippen LogP contribution < -0.4 is 9.47 Å². The van der Waals surface area contributed by atoms with Crippen LogP contribution in [-0.4, -0.2) is 37.3 Å². The van der Waals surface area contributed by atoms with E-state index in [9.17, 15) is 9.18 Å². The van der Waals surface area contributed by atoms with Crippen LogP contribution in [0.4, 0.5) is 4.39 Å². The number of aryl methyl sites for hydroxylation is 3. The van der Waals surface area contributed by atoms with Crippen molar-refractivity contribution >= 4 is 22.9 Å². The zero-order valence-corrected chi connectivity index (χ0v) is 17.2. The van der Waals surface area contributed by atoms with Crippen molar-refractivity contribution in [3.63, 3.8) is 0 Å². The monoisotopic (exact) mass is 396 g/mol. The van der Waals surface area contributed by atoms with Crippen LogP contribution in [0.15, 0.2) is 41.5 Å². The number of hydrogen-bond acceptors (Lipinski definition) is 4. The molecule has 0 aliphatic heterocycles. The minimum absolute atomic E-state index is 0.00496. The van der Waals surface area contributed by atoms with Gasteiger partial charge in [0.15, 0.2) is 17.3 Å². The summed E-state index contributed by atoms with van der Waals surface area (Å²) in [4.78, 5) is 16.4. The molecule has 3 rings (SSSR count). The van der Waals surface area contributed by atoms with Crippen LogP contribution >= 0.6 is 0 Å². The number of halogens is 1. The Balaban J connectivity index is 1.63. The van der Waals surface area contributed by atoms with Gasteiger partial charge in [-0.25, -0.2) is 4.39 Å². The number of rotatable bonds is 8. The summed E-state index contributed by atoms with van der Waals surface area (Å²) in [7, 11) is 2.93. The lowest BCUT2D eigenvalue weighted by Crippen LogP contribution is -2.08. The van der Waals surface area contributed by atoms with Crippen LogP contribution in [0.25, 0.3) is 10.9 Å². The second-order valence-corrected chi connectivity index (χ2v) is 6.96. The van der Waals surface area contributed by atoms with Crippen LogP contribution in [0.1, 0.15) is 23.1 Å². The number of carbonyl (C=O) groups excluding carboxylic acids is 1. The molecule has 0 aliphatic rings. The van der Waals surface area contributed by atoms with Gasteiger partial charge in [-0.2, -0.15) is 0 Å². The third-order valence-corrected chi connectivity index (χ3v) is 4.94. The van der Waals surface area contributed by atoms with Gasteiger partial charge in [0.25, 0.3) is 0 Å². The molecule has 152 valence electrons. The van der Waals surface area contributed by atoms with Crippen molar-refractivity contribution in [1.29, 1.82) is 0 Å². The highest BCUT2D eigenvalue weighted by atomic mass is 19.1. The first-order valence-corrected chi connectivity index (χ1v) is 9.42. The Morgan fingerprint density at radius 1 is 1.14 bits per heavy atom. The maximum Gasteiger partial charge on any atom is 0.163 e. The molecule has 1 aromatic heterocycles. The summed E-state index contributed by atoms with van der Waals surface area (Å²) in [5.74, 6) is 0.229. The van der Waals surface area contributed by atoms with Crippen molar-refractivity contribution in [1.82, 2.24) is 4.57 Å². The van der Waals surface area contributed by atoms with Gasteiger partial charge < -0.3 is 14.0 Å². The second kappa shape index (κ2) is 8.90. The molecule has 0 saturated heterocycles.